The minimum absolute atomic E-state index is 0. The second kappa shape index (κ2) is 5.85. The van der Waals surface area contributed by atoms with Gasteiger partial charge in [-0.05, 0) is 0 Å². The molecule has 5 nitrogen and oxygen atoms in total. The molecule has 0 fully saturated rings. The molecule has 0 aliphatic carbocycles. The first kappa shape index (κ1) is 15.7. The van der Waals surface area contributed by atoms with Gasteiger partial charge >= 0.3 is 25.2 Å². The minimum Gasteiger partial charge on any atom is -0.726 e. The molecule has 0 heterocycles. The first-order chi connectivity index (χ1) is 5.21. The van der Waals surface area contributed by atoms with Crippen molar-refractivity contribution in [3.8, 4) is 0 Å². The van der Waals surface area contributed by atoms with Gasteiger partial charge in [-0.15, -0.1) is 13.2 Å². The second-order valence-corrected chi connectivity index (χ2v) is 2.58. The summed E-state index contributed by atoms with van der Waals surface area (Å²) >= 11 is 0. The first-order valence-electron chi connectivity index (χ1n) is 2.52. The van der Waals surface area contributed by atoms with E-state index in [4.69, 9.17) is 0 Å². The Morgan fingerprint density at radius 1 is 1.23 bits per heavy atom. The fourth-order valence-electron chi connectivity index (χ4n) is 0.293. The number of hydrogen-bond donors (Lipinski definition) is 0. The van der Waals surface area contributed by atoms with E-state index in [-0.39, 0.29) is 18.9 Å². The molecular weight excluding hydrogens is 212 g/mol. The number of alkyl halides is 3. The van der Waals surface area contributed by atoms with Crippen LogP contribution in [-0.4, -0.2) is 32.5 Å². The monoisotopic (exact) mass is 216 g/mol. The molecule has 0 aliphatic rings. The zero-order valence-electron chi connectivity index (χ0n) is 6.50. The molecule has 0 aliphatic heterocycles. The molecule has 0 spiro atoms. The van der Waals surface area contributed by atoms with Gasteiger partial charge in [-0.1, -0.05) is 0 Å². The van der Waals surface area contributed by atoms with Crippen LogP contribution < -0.4 is 18.9 Å². The Morgan fingerprint density at radius 3 is 2.00 bits per heavy atom. The summed E-state index contributed by atoms with van der Waals surface area (Å²) in [4.78, 5) is 0. The van der Waals surface area contributed by atoms with E-state index in [9.17, 15) is 26.1 Å². The topological polar surface area (TPSA) is 75.7 Å². The van der Waals surface area contributed by atoms with Crippen LogP contribution >= 0.6 is 0 Å². The average molecular weight is 216 g/mol. The van der Waals surface area contributed by atoms with E-state index in [1.807, 2.05) is 0 Å². The molecule has 0 unspecified atom stereocenters. The van der Waals surface area contributed by atoms with Crippen LogP contribution in [0.25, 0.3) is 0 Å². The molecule has 0 N–H and O–H groups in total. The Bertz CT molecular complexity index is 224. The third-order valence-electron chi connectivity index (χ3n) is 0.577. The largest absolute Gasteiger partial charge is 1.00 e. The average Bonchev–Trinajstić information content (AvgIpc) is 1.76. The minimum atomic E-state index is -4.94. The van der Waals surface area contributed by atoms with Gasteiger partial charge in [-0.3, -0.25) is 8.92 Å². The number of ether oxygens (including phenoxy) is 1. The summed E-state index contributed by atoms with van der Waals surface area (Å²) in [5.74, 6) is 0. The van der Waals surface area contributed by atoms with E-state index in [1.54, 1.807) is 0 Å². The van der Waals surface area contributed by atoms with Crippen LogP contribution in [0.3, 0.4) is 0 Å². The predicted octanol–water partition coefficient (Wildman–Crippen LogP) is -3.00. The first-order valence-corrected chi connectivity index (χ1v) is 3.85. The summed E-state index contributed by atoms with van der Waals surface area (Å²) in [6.07, 6.45) is -4.85. The molecule has 0 saturated carbocycles. The van der Waals surface area contributed by atoms with E-state index in [1.165, 1.54) is 0 Å². The van der Waals surface area contributed by atoms with Crippen LogP contribution in [0.5, 0.6) is 0 Å². The van der Waals surface area contributed by atoms with Gasteiger partial charge in [-0.2, -0.15) is 0 Å². The molecule has 0 bridgehead atoms. The molecule has 0 aromatic heterocycles. The Morgan fingerprint density at radius 2 is 1.69 bits per heavy atom. The standard InChI is InChI=1S/C3H5F3O5S.Li/c4-3(5,6)10-1-2-11-12(7,8)9;/h1-2H2,(H,7,8,9);/q;+1/p-1. The van der Waals surface area contributed by atoms with Crippen molar-refractivity contribution in [1.82, 2.24) is 0 Å². The fourth-order valence-corrected chi connectivity index (χ4v) is 0.566. The molecule has 0 radical (unpaired) electrons. The molecule has 10 heteroatoms. The Kier molecular flexibility index (Phi) is 7.05. The van der Waals surface area contributed by atoms with Crippen molar-refractivity contribution >= 4 is 10.4 Å². The molecule has 0 saturated heterocycles. The summed E-state index contributed by atoms with van der Waals surface area (Å²) in [6.45, 7) is -1.99. The van der Waals surface area contributed by atoms with Crippen LogP contribution in [-0.2, 0) is 19.3 Å². The molecule has 0 rings (SSSR count). The Hall–Kier alpha value is 0.217. The van der Waals surface area contributed by atoms with Gasteiger partial charge in [0.25, 0.3) is 0 Å². The summed E-state index contributed by atoms with van der Waals surface area (Å²) in [5.41, 5.74) is 0. The Labute approximate surface area is 84.3 Å². The van der Waals surface area contributed by atoms with Crippen molar-refractivity contribution in [2.45, 2.75) is 6.36 Å². The van der Waals surface area contributed by atoms with E-state index < -0.39 is 30.0 Å². The predicted molar refractivity (Wildman–Crippen MR) is 27.7 cm³/mol. The normalized spacial score (nSPS) is 12.3. The zero-order chi connectivity index (χ0) is 9.83. The van der Waals surface area contributed by atoms with Crippen LogP contribution in [0.15, 0.2) is 0 Å². The van der Waals surface area contributed by atoms with E-state index in [0.717, 1.165) is 0 Å². The molecule has 0 amide bonds. The second-order valence-electron chi connectivity index (χ2n) is 1.52. The van der Waals surface area contributed by atoms with Gasteiger partial charge in [0.15, 0.2) is 0 Å². The molecule has 0 aromatic carbocycles. The van der Waals surface area contributed by atoms with Gasteiger partial charge in [0, 0.05) is 0 Å². The van der Waals surface area contributed by atoms with Crippen molar-refractivity contribution in [1.29, 1.82) is 0 Å². The maximum Gasteiger partial charge on any atom is 1.00 e. The van der Waals surface area contributed by atoms with Crippen molar-refractivity contribution in [2.24, 2.45) is 0 Å². The van der Waals surface area contributed by atoms with E-state index in [2.05, 4.69) is 8.92 Å². The maximum absolute atomic E-state index is 11.2. The van der Waals surface area contributed by atoms with Gasteiger partial charge in [-0.25, -0.2) is 8.42 Å². The molecule has 74 valence electrons. The van der Waals surface area contributed by atoms with Gasteiger partial charge in [0.1, 0.15) is 0 Å². The van der Waals surface area contributed by atoms with Crippen LogP contribution in [0.1, 0.15) is 0 Å². The van der Waals surface area contributed by atoms with Crippen molar-refractivity contribution in [2.75, 3.05) is 13.2 Å². The number of rotatable bonds is 4. The quantitative estimate of drug-likeness (QED) is 0.217. The van der Waals surface area contributed by atoms with Crippen LogP contribution in [0.2, 0.25) is 0 Å². The smallest absolute Gasteiger partial charge is 0.726 e. The number of hydrogen-bond acceptors (Lipinski definition) is 5. The maximum atomic E-state index is 11.2. The summed E-state index contributed by atoms with van der Waals surface area (Å²) in [5, 5.41) is 0. The van der Waals surface area contributed by atoms with Gasteiger partial charge in [0.05, 0.1) is 13.2 Å². The SMILES string of the molecule is O=S(=O)([O-])OCCOC(F)(F)F.[Li+]. The summed E-state index contributed by atoms with van der Waals surface area (Å²) < 4.78 is 68.9. The van der Waals surface area contributed by atoms with Crippen molar-refractivity contribution in [3.63, 3.8) is 0 Å². The fraction of sp³-hybridized carbons (Fsp3) is 1.00. The number of halogens is 3. The van der Waals surface area contributed by atoms with Crippen LogP contribution in [0, 0.1) is 0 Å². The third-order valence-corrected chi connectivity index (χ3v) is 1.03. The molecule has 13 heavy (non-hydrogen) atoms. The molecule has 0 aromatic rings. The third kappa shape index (κ3) is 15.0. The Balaban J connectivity index is 0. The van der Waals surface area contributed by atoms with Crippen LogP contribution in [0.4, 0.5) is 13.2 Å². The van der Waals surface area contributed by atoms with Gasteiger partial charge < -0.3 is 4.55 Å². The van der Waals surface area contributed by atoms with E-state index >= 15 is 0 Å². The van der Waals surface area contributed by atoms with Crippen molar-refractivity contribution in [3.05, 3.63) is 0 Å². The molecular formula is C3H4F3LiO5S. The van der Waals surface area contributed by atoms with Crippen molar-refractivity contribution < 1.29 is 53.9 Å². The summed E-state index contributed by atoms with van der Waals surface area (Å²) in [7, 11) is -4.94. The molecule has 0 atom stereocenters. The summed E-state index contributed by atoms with van der Waals surface area (Å²) in [6, 6.07) is 0. The van der Waals surface area contributed by atoms with E-state index in [0.29, 0.717) is 0 Å². The zero-order valence-corrected chi connectivity index (χ0v) is 7.31. The van der Waals surface area contributed by atoms with Gasteiger partial charge in [0.2, 0.25) is 10.4 Å².